The van der Waals surface area contributed by atoms with Crippen LogP contribution in [0.5, 0.6) is 0 Å². The van der Waals surface area contributed by atoms with Crippen LogP contribution in [0.25, 0.3) is 0 Å². The van der Waals surface area contributed by atoms with Crippen molar-refractivity contribution in [1.29, 1.82) is 0 Å². The Morgan fingerprint density at radius 3 is 1.71 bits per heavy atom. The molecule has 1 fully saturated rings. The highest BCUT2D eigenvalue weighted by molar-refractivity contribution is 7.91. The van der Waals surface area contributed by atoms with E-state index < -0.39 is 14.6 Å². The van der Waals surface area contributed by atoms with Crippen molar-refractivity contribution in [1.82, 2.24) is 0 Å². The van der Waals surface area contributed by atoms with Gasteiger partial charge in [-0.2, -0.15) is 0 Å². The first-order valence-corrected chi connectivity index (χ1v) is 12.3. The van der Waals surface area contributed by atoms with Crippen LogP contribution in [0.4, 0.5) is 0 Å². The Balaban J connectivity index is 1.55. The van der Waals surface area contributed by atoms with Gasteiger partial charge >= 0.3 is 0 Å². The Kier molecular flexibility index (Phi) is 6.65. The molecule has 1 aliphatic rings. The summed E-state index contributed by atoms with van der Waals surface area (Å²) in [6, 6.07) is 17.3. The van der Waals surface area contributed by atoms with E-state index in [1.54, 1.807) is 20.8 Å². The van der Waals surface area contributed by atoms with Crippen molar-refractivity contribution in [3.63, 3.8) is 0 Å². The molecule has 3 rings (SSSR count). The van der Waals surface area contributed by atoms with Gasteiger partial charge in [0, 0.05) is 0 Å². The normalized spacial score (nSPS) is 16.2. The Bertz CT molecular complexity index is 850. The molecule has 28 heavy (non-hydrogen) atoms. The third-order valence-corrected chi connectivity index (χ3v) is 8.65. The van der Waals surface area contributed by atoms with Crippen LogP contribution in [0.3, 0.4) is 0 Å². The molecule has 3 heteroatoms. The first-order valence-electron chi connectivity index (χ1n) is 10.6. The van der Waals surface area contributed by atoms with E-state index in [1.807, 2.05) is 12.1 Å². The van der Waals surface area contributed by atoms with E-state index in [0.717, 1.165) is 24.3 Å². The van der Waals surface area contributed by atoms with Gasteiger partial charge in [0.15, 0.2) is 9.84 Å². The average molecular weight is 399 g/mol. The van der Waals surface area contributed by atoms with Crippen molar-refractivity contribution in [2.45, 2.75) is 82.1 Å². The summed E-state index contributed by atoms with van der Waals surface area (Å²) in [5.41, 5.74) is 5.01. The highest BCUT2D eigenvalue weighted by atomic mass is 32.2. The minimum atomic E-state index is -3.13. The van der Waals surface area contributed by atoms with E-state index in [4.69, 9.17) is 0 Å². The zero-order chi connectivity index (χ0) is 20.2. The third kappa shape index (κ3) is 5.47. The molecule has 2 aromatic rings. The summed E-state index contributed by atoms with van der Waals surface area (Å²) in [7, 11) is -3.13. The maximum Gasteiger partial charge on any atom is 0.159 e. The molecule has 0 spiro atoms. The first kappa shape index (κ1) is 21.1. The van der Waals surface area contributed by atoms with Crippen LogP contribution >= 0.6 is 0 Å². The molecule has 0 bridgehead atoms. The quantitative estimate of drug-likeness (QED) is 0.578. The Morgan fingerprint density at radius 1 is 0.750 bits per heavy atom. The van der Waals surface area contributed by atoms with Crippen molar-refractivity contribution >= 4 is 9.84 Å². The molecule has 1 saturated carbocycles. The van der Waals surface area contributed by atoms with E-state index in [0.29, 0.717) is 0 Å². The van der Waals surface area contributed by atoms with Crippen molar-refractivity contribution in [3.05, 3.63) is 70.8 Å². The average Bonchev–Trinajstić information content (AvgIpc) is 2.67. The second kappa shape index (κ2) is 8.82. The fourth-order valence-corrected chi connectivity index (χ4v) is 4.98. The molecule has 0 N–H and O–H groups in total. The van der Waals surface area contributed by atoms with Crippen molar-refractivity contribution < 1.29 is 8.42 Å². The van der Waals surface area contributed by atoms with E-state index >= 15 is 0 Å². The molecule has 0 saturated heterocycles. The molecule has 2 aromatic carbocycles. The van der Waals surface area contributed by atoms with Gasteiger partial charge in [-0.15, -0.1) is 0 Å². The maximum absolute atomic E-state index is 12.4. The lowest BCUT2D eigenvalue weighted by Gasteiger charge is -2.22. The second-order valence-electron chi connectivity index (χ2n) is 9.26. The summed E-state index contributed by atoms with van der Waals surface area (Å²) < 4.78 is 24.0. The van der Waals surface area contributed by atoms with Crippen molar-refractivity contribution in [2.75, 3.05) is 0 Å². The predicted molar refractivity (Wildman–Crippen MR) is 118 cm³/mol. The van der Waals surface area contributed by atoms with Crippen LogP contribution in [0.15, 0.2) is 48.5 Å². The van der Waals surface area contributed by atoms with E-state index in [2.05, 4.69) is 36.4 Å². The SMILES string of the molecule is CC(C)(C)S(=O)(=O)Cc1ccc(CCc2ccc(C3CCCCC3)cc2)cc1. The van der Waals surface area contributed by atoms with Gasteiger partial charge in [0.25, 0.3) is 0 Å². The monoisotopic (exact) mass is 398 g/mol. The van der Waals surface area contributed by atoms with Crippen LogP contribution in [0.1, 0.15) is 81.0 Å². The van der Waals surface area contributed by atoms with E-state index in [9.17, 15) is 8.42 Å². The number of benzene rings is 2. The number of sulfone groups is 1. The number of rotatable bonds is 6. The van der Waals surface area contributed by atoms with Crippen LogP contribution in [0, 0.1) is 0 Å². The summed E-state index contributed by atoms with van der Waals surface area (Å²) in [5.74, 6) is 0.874. The number of aryl methyl sites for hydroxylation is 2. The van der Waals surface area contributed by atoms with E-state index in [1.165, 1.54) is 48.8 Å². The second-order valence-corrected chi connectivity index (χ2v) is 12.0. The van der Waals surface area contributed by atoms with Gasteiger partial charge in [-0.25, -0.2) is 8.42 Å². The molecule has 0 amide bonds. The Hall–Kier alpha value is -1.61. The number of hydrogen-bond acceptors (Lipinski definition) is 2. The molecular weight excluding hydrogens is 364 g/mol. The van der Waals surface area contributed by atoms with E-state index in [-0.39, 0.29) is 5.75 Å². The fraction of sp³-hybridized carbons (Fsp3) is 0.520. The number of hydrogen-bond donors (Lipinski definition) is 0. The van der Waals surface area contributed by atoms with Gasteiger partial charge in [-0.3, -0.25) is 0 Å². The summed E-state index contributed by atoms with van der Waals surface area (Å²) in [6.45, 7) is 5.28. The fourth-order valence-electron chi connectivity index (χ4n) is 3.92. The lowest BCUT2D eigenvalue weighted by Crippen LogP contribution is -2.29. The summed E-state index contributed by atoms with van der Waals surface area (Å²) in [5, 5.41) is 0. The lowest BCUT2D eigenvalue weighted by atomic mass is 9.84. The van der Waals surface area contributed by atoms with Crippen molar-refractivity contribution in [2.24, 2.45) is 0 Å². The largest absolute Gasteiger partial charge is 0.228 e. The van der Waals surface area contributed by atoms with Crippen LogP contribution < -0.4 is 0 Å². The Morgan fingerprint density at radius 2 is 1.21 bits per heavy atom. The standard InChI is InChI=1S/C25H34O2S/c1-25(2,3)28(26,27)19-22-13-11-20(12-14-22)9-10-21-15-17-24(18-16-21)23-7-5-4-6-8-23/h11-18,23H,4-10,19H2,1-3H3. The van der Waals surface area contributed by atoms with Gasteiger partial charge in [-0.1, -0.05) is 67.8 Å². The lowest BCUT2D eigenvalue weighted by molar-refractivity contribution is 0.443. The van der Waals surface area contributed by atoms with Gasteiger partial charge in [-0.05, 0) is 74.6 Å². The molecule has 0 aromatic heterocycles. The summed E-state index contributed by atoms with van der Waals surface area (Å²) in [6.07, 6.45) is 8.83. The smallest absolute Gasteiger partial charge is 0.159 e. The predicted octanol–water partition coefficient (Wildman–Crippen LogP) is 6.23. The summed E-state index contributed by atoms with van der Waals surface area (Å²) in [4.78, 5) is 0. The topological polar surface area (TPSA) is 34.1 Å². The maximum atomic E-state index is 12.4. The van der Waals surface area contributed by atoms with Crippen LogP contribution in [0.2, 0.25) is 0 Å². The zero-order valence-electron chi connectivity index (χ0n) is 17.6. The molecule has 2 nitrogen and oxygen atoms in total. The van der Waals surface area contributed by atoms with Gasteiger partial charge in [0.2, 0.25) is 0 Å². The zero-order valence-corrected chi connectivity index (χ0v) is 18.4. The first-order chi connectivity index (χ1) is 13.2. The van der Waals surface area contributed by atoms with Gasteiger partial charge < -0.3 is 0 Å². The highest BCUT2D eigenvalue weighted by Gasteiger charge is 2.28. The van der Waals surface area contributed by atoms with Gasteiger partial charge in [0.1, 0.15) is 0 Å². The molecule has 152 valence electrons. The van der Waals surface area contributed by atoms with Crippen molar-refractivity contribution in [3.8, 4) is 0 Å². The molecule has 0 aliphatic heterocycles. The van der Waals surface area contributed by atoms with Crippen LogP contribution in [-0.4, -0.2) is 13.2 Å². The molecular formula is C25H34O2S. The molecule has 0 heterocycles. The third-order valence-electron chi connectivity index (χ3n) is 6.07. The minimum absolute atomic E-state index is 0.111. The summed E-state index contributed by atoms with van der Waals surface area (Å²) >= 11 is 0. The Labute approximate surface area is 171 Å². The van der Waals surface area contributed by atoms with Crippen LogP contribution in [-0.2, 0) is 28.4 Å². The highest BCUT2D eigenvalue weighted by Crippen LogP contribution is 2.32. The molecule has 1 aliphatic carbocycles. The molecule has 0 atom stereocenters. The van der Waals surface area contributed by atoms with Gasteiger partial charge in [0.05, 0.1) is 10.5 Å². The minimum Gasteiger partial charge on any atom is -0.228 e. The molecule has 0 radical (unpaired) electrons. The molecule has 0 unspecified atom stereocenters.